The Morgan fingerprint density at radius 3 is 2.21 bits per heavy atom. The van der Waals surface area contributed by atoms with Gasteiger partial charge < -0.3 is 4.74 Å². The third-order valence-electron chi connectivity index (χ3n) is 3.84. The predicted octanol–water partition coefficient (Wildman–Crippen LogP) is 2.95. The minimum Gasteiger partial charge on any atom is -0.497 e. The molecule has 0 spiro atoms. The Balaban J connectivity index is 2.14. The third kappa shape index (κ3) is 2.65. The number of ether oxygens (including phenoxy) is 1. The van der Waals surface area contributed by atoms with Crippen molar-refractivity contribution >= 4 is 28.5 Å². The van der Waals surface area contributed by atoms with Gasteiger partial charge in [-0.15, -0.1) is 0 Å². The standard InChI is InChI=1S/C16H15N3O4S/c1-17-12-8-14(19(21)22)15(9-13(12)18(2)16(17)20)24-11-6-4-10(23-3)5-7-11/h4-9H,1-3H3. The molecule has 0 saturated carbocycles. The number of benzene rings is 2. The van der Waals surface area contributed by atoms with Crippen LogP contribution in [0.1, 0.15) is 0 Å². The molecule has 0 saturated heterocycles. The van der Waals surface area contributed by atoms with Gasteiger partial charge >= 0.3 is 5.69 Å². The van der Waals surface area contributed by atoms with Gasteiger partial charge in [-0.3, -0.25) is 19.2 Å². The van der Waals surface area contributed by atoms with Crippen molar-refractivity contribution in [2.75, 3.05) is 7.11 Å². The molecule has 2 aromatic carbocycles. The van der Waals surface area contributed by atoms with Crippen molar-refractivity contribution < 1.29 is 9.66 Å². The summed E-state index contributed by atoms with van der Waals surface area (Å²) in [6.45, 7) is 0. The fourth-order valence-electron chi connectivity index (χ4n) is 2.51. The Bertz CT molecular complexity index is 989. The van der Waals surface area contributed by atoms with Gasteiger partial charge in [-0.1, -0.05) is 11.8 Å². The minimum atomic E-state index is -0.428. The Kier molecular flexibility index (Phi) is 4.06. The second-order valence-corrected chi connectivity index (χ2v) is 6.36. The van der Waals surface area contributed by atoms with Crippen LogP contribution in [-0.4, -0.2) is 21.2 Å². The second kappa shape index (κ2) is 6.04. The molecule has 1 aromatic heterocycles. The summed E-state index contributed by atoms with van der Waals surface area (Å²) >= 11 is 1.28. The van der Waals surface area contributed by atoms with Crippen LogP contribution in [0.15, 0.2) is 51.0 Å². The molecule has 0 bridgehead atoms. The smallest absolute Gasteiger partial charge is 0.328 e. The van der Waals surface area contributed by atoms with Crippen LogP contribution in [0.2, 0.25) is 0 Å². The number of hydrogen-bond donors (Lipinski definition) is 0. The van der Waals surface area contributed by atoms with E-state index in [1.165, 1.54) is 27.0 Å². The van der Waals surface area contributed by atoms with Gasteiger partial charge in [-0.25, -0.2) is 4.79 Å². The number of fused-ring (bicyclic) bond motifs is 1. The number of aromatic nitrogens is 2. The van der Waals surface area contributed by atoms with Crippen LogP contribution in [0.5, 0.6) is 5.75 Å². The summed E-state index contributed by atoms with van der Waals surface area (Å²) in [5, 5.41) is 11.4. The van der Waals surface area contributed by atoms with Crippen LogP contribution >= 0.6 is 11.8 Å². The maximum absolute atomic E-state index is 12.0. The summed E-state index contributed by atoms with van der Waals surface area (Å²) in [7, 11) is 4.83. The average molecular weight is 345 g/mol. The van der Waals surface area contributed by atoms with Crippen LogP contribution in [0.4, 0.5) is 5.69 Å². The Labute approximate surface area is 141 Å². The highest BCUT2D eigenvalue weighted by atomic mass is 32.2. The number of nitrogens with zero attached hydrogens (tertiary/aromatic N) is 3. The lowest BCUT2D eigenvalue weighted by Gasteiger charge is -2.06. The molecule has 0 aliphatic carbocycles. The zero-order chi connectivity index (χ0) is 17.4. The molecule has 0 amide bonds. The van der Waals surface area contributed by atoms with Crippen LogP contribution < -0.4 is 10.4 Å². The van der Waals surface area contributed by atoms with E-state index in [4.69, 9.17) is 4.74 Å². The first-order chi connectivity index (χ1) is 11.4. The fourth-order valence-corrected chi connectivity index (χ4v) is 3.44. The summed E-state index contributed by atoms with van der Waals surface area (Å²) in [5.74, 6) is 0.717. The van der Waals surface area contributed by atoms with Crippen molar-refractivity contribution in [1.29, 1.82) is 0 Å². The van der Waals surface area contributed by atoms with E-state index in [9.17, 15) is 14.9 Å². The van der Waals surface area contributed by atoms with Gasteiger partial charge in [-0.05, 0) is 30.3 Å². The van der Waals surface area contributed by atoms with Crippen molar-refractivity contribution in [2.24, 2.45) is 14.1 Å². The van der Waals surface area contributed by atoms with E-state index in [1.54, 1.807) is 39.4 Å². The van der Waals surface area contributed by atoms with Crippen LogP contribution in [0, 0.1) is 10.1 Å². The van der Waals surface area contributed by atoms with E-state index >= 15 is 0 Å². The van der Waals surface area contributed by atoms with Crippen molar-refractivity contribution in [1.82, 2.24) is 9.13 Å². The summed E-state index contributed by atoms with van der Waals surface area (Å²) in [5.41, 5.74) is 0.952. The molecule has 0 fully saturated rings. The number of hydrogen-bond acceptors (Lipinski definition) is 5. The number of methoxy groups -OCH3 is 1. The van der Waals surface area contributed by atoms with E-state index in [1.807, 2.05) is 12.1 Å². The van der Waals surface area contributed by atoms with Crippen LogP contribution in [-0.2, 0) is 14.1 Å². The summed E-state index contributed by atoms with van der Waals surface area (Å²) in [6.07, 6.45) is 0. The lowest BCUT2D eigenvalue weighted by molar-refractivity contribution is -0.387. The monoisotopic (exact) mass is 345 g/mol. The summed E-state index contributed by atoms with van der Waals surface area (Å²) in [4.78, 5) is 24.4. The molecule has 124 valence electrons. The van der Waals surface area contributed by atoms with Gasteiger partial charge in [0, 0.05) is 25.1 Å². The summed E-state index contributed by atoms with van der Waals surface area (Å²) in [6, 6.07) is 10.4. The minimum absolute atomic E-state index is 0.0236. The van der Waals surface area contributed by atoms with Crippen LogP contribution in [0.25, 0.3) is 11.0 Å². The van der Waals surface area contributed by atoms with Gasteiger partial charge in [0.25, 0.3) is 5.69 Å². The van der Waals surface area contributed by atoms with Crippen molar-refractivity contribution in [3.8, 4) is 5.75 Å². The lowest BCUT2D eigenvalue weighted by Crippen LogP contribution is -2.19. The normalized spacial score (nSPS) is 11.0. The van der Waals surface area contributed by atoms with E-state index in [2.05, 4.69) is 0 Å². The van der Waals surface area contributed by atoms with E-state index < -0.39 is 4.92 Å². The fraction of sp³-hybridized carbons (Fsp3) is 0.188. The maximum atomic E-state index is 12.0. The molecular formula is C16H15N3O4S. The number of nitro benzene ring substituents is 1. The van der Waals surface area contributed by atoms with Gasteiger partial charge in [0.2, 0.25) is 0 Å². The second-order valence-electron chi connectivity index (χ2n) is 5.24. The highest BCUT2D eigenvalue weighted by molar-refractivity contribution is 7.99. The molecule has 1 heterocycles. The van der Waals surface area contributed by atoms with Gasteiger partial charge in [0.05, 0.1) is 28.0 Å². The highest BCUT2D eigenvalue weighted by Gasteiger charge is 2.20. The molecule has 0 aliphatic rings. The first kappa shape index (κ1) is 16.1. The molecule has 0 radical (unpaired) electrons. The molecule has 3 aromatic rings. The molecule has 0 aliphatic heterocycles. The zero-order valence-electron chi connectivity index (χ0n) is 13.3. The Morgan fingerprint density at radius 1 is 1.08 bits per heavy atom. The van der Waals surface area contributed by atoms with Crippen molar-refractivity contribution in [3.63, 3.8) is 0 Å². The third-order valence-corrected chi connectivity index (χ3v) is 4.89. The van der Waals surface area contributed by atoms with Crippen LogP contribution in [0.3, 0.4) is 0 Å². The topological polar surface area (TPSA) is 79.3 Å². The molecule has 0 unspecified atom stereocenters. The van der Waals surface area contributed by atoms with E-state index in [0.717, 1.165) is 10.6 Å². The first-order valence-electron chi connectivity index (χ1n) is 7.08. The largest absolute Gasteiger partial charge is 0.497 e. The highest BCUT2D eigenvalue weighted by Crippen LogP contribution is 2.37. The SMILES string of the molecule is COc1ccc(Sc2cc3c(cc2[N+](=O)[O-])n(C)c(=O)n3C)cc1. The predicted molar refractivity (Wildman–Crippen MR) is 91.9 cm³/mol. The number of imidazole rings is 1. The van der Waals surface area contributed by atoms with E-state index in [-0.39, 0.29) is 11.4 Å². The number of aryl methyl sites for hydroxylation is 2. The molecule has 24 heavy (non-hydrogen) atoms. The van der Waals surface area contributed by atoms with Crippen molar-refractivity contribution in [3.05, 3.63) is 57.0 Å². The zero-order valence-corrected chi connectivity index (χ0v) is 14.2. The number of rotatable bonds is 4. The average Bonchev–Trinajstić information content (AvgIpc) is 2.79. The molecule has 0 atom stereocenters. The quantitative estimate of drug-likeness (QED) is 0.536. The van der Waals surface area contributed by atoms with E-state index in [0.29, 0.717) is 15.9 Å². The molecule has 8 heteroatoms. The van der Waals surface area contributed by atoms with Gasteiger partial charge in [0.1, 0.15) is 5.75 Å². The maximum Gasteiger partial charge on any atom is 0.328 e. The first-order valence-corrected chi connectivity index (χ1v) is 7.89. The molecule has 0 N–H and O–H groups in total. The lowest BCUT2D eigenvalue weighted by atomic mass is 10.2. The molecule has 7 nitrogen and oxygen atoms in total. The summed E-state index contributed by atoms with van der Waals surface area (Å²) < 4.78 is 8.00. The van der Waals surface area contributed by atoms with Gasteiger partial charge in [0.15, 0.2) is 0 Å². The van der Waals surface area contributed by atoms with Crippen molar-refractivity contribution in [2.45, 2.75) is 9.79 Å². The molecular weight excluding hydrogens is 330 g/mol. The Morgan fingerprint density at radius 2 is 1.67 bits per heavy atom. The van der Waals surface area contributed by atoms with Gasteiger partial charge in [-0.2, -0.15) is 0 Å². The molecule has 3 rings (SSSR count). The Hall–Kier alpha value is -2.74. The number of nitro groups is 1.